The van der Waals surface area contributed by atoms with Gasteiger partial charge in [0, 0.05) is 19.2 Å². The second-order valence-corrected chi connectivity index (χ2v) is 11.7. The topological polar surface area (TPSA) is 75.3 Å². The van der Waals surface area contributed by atoms with Crippen molar-refractivity contribution in [3.63, 3.8) is 0 Å². The summed E-state index contributed by atoms with van der Waals surface area (Å²) in [5.74, 6) is 1.38. The number of rotatable bonds is 6. The maximum atomic E-state index is 12.3. The molecule has 2 fully saturated rings. The van der Waals surface area contributed by atoms with E-state index in [4.69, 9.17) is 10.8 Å². The molecule has 4 nitrogen and oxygen atoms in total. The average molecular weight is 494 g/mol. The van der Waals surface area contributed by atoms with Crippen LogP contribution in [0.15, 0.2) is 60.7 Å². The summed E-state index contributed by atoms with van der Waals surface area (Å²) in [6.45, 7) is 6.04. The van der Waals surface area contributed by atoms with Crippen LogP contribution in [0, 0.1) is 11.8 Å². The molecule has 4 N–H and O–H groups in total. The first kappa shape index (κ1) is 29.8. The molecule has 2 aromatic rings. The Bertz CT molecular complexity index is 791. The Balaban J connectivity index is 0.000000316. The number of nitrogens with two attached hydrogens (primary N) is 1. The molecule has 2 saturated carbocycles. The summed E-state index contributed by atoms with van der Waals surface area (Å²) < 4.78 is 15.4. The van der Waals surface area contributed by atoms with E-state index in [2.05, 4.69) is 53.3 Å². The zero-order valence-corrected chi connectivity index (χ0v) is 22.1. The van der Waals surface area contributed by atoms with E-state index in [0.29, 0.717) is 5.92 Å². The standard InChI is InChI=1S/C15H23NOS.C11H15N.CH4O.ClH/c1-15(2,3)18(17)16-14(13-10-7-11-13)12-8-5-4-6-9-12;12-11(10-7-4-8-10)9-5-2-1-3-6-9;1-2;/h4-6,8-9,13-14,16H,7,10-11H2,1-3H3;1-3,5-6,10-11H,4,7-8,12H2;2H,1H3;1H/p-1/t14-,18?;11-;;/m11../s1. The molecule has 2 aromatic carbocycles. The van der Waals surface area contributed by atoms with Crippen molar-refractivity contribution in [1.82, 2.24) is 4.72 Å². The first-order valence-corrected chi connectivity index (χ1v) is 13.0. The fourth-order valence-electron chi connectivity index (χ4n) is 3.91. The van der Waals surface area contributed by atoms with Gasteiger partial charge in [-0.3, -0.25) is 0 Å². The second kappa shape index (κ2) is 14.9. The van der Waals surface area contributed by atoms with Crippen LogP contribution in [0.1, 0.15) is 82.5 Å². The van der Waals surface area contributed by atoms with Gasteiger partial charge >= 0.3 is 0 Å². The van der Waals surface area contributed by atoms with Crippen LogP contribution in [0.4, 0.5) is 0 Å². The van der Waals surface area contributed by atoms with Crippen molar-refractivity contribution in [3.05, 3.63) is 71.8 Å². The van der Waals surface area contributed by atoms with Crippen molar-refractivity contribution >= 4 is 11.0 Å². The van der Waals surface area contributed by atoms with E-state index >= 15 is 0 Å². The Hall–Kier alpha value is -1.24. The fourth-order valence-corrected chi connectivity index (χ4v) is 4.82. The highest BCUT2D eigenvalue weighted by molar-refractivity contribution is 7.84. The monoisotopic (exact) mass is 493 g/mol. The lowest BCUT2D eigenvalue weighted by Crippen LogP contribution is -3.00. The number of benzene rings is 2. The highest BCUT2D eigenvalue weighted by Gasteiger charge is 2.32. The molecule has 0 aromatic heterocycles. The van der Waals surface area contributed by atoms with Crippen LogP contribution < -0.4 is 22.9 Å². The largest absolute Gasteiger partial charge is 1.00 e. The molecule has 3 atom stereocenters. The molecular formula is C27H42ClN2O2S-. The Morgan fingerprint density at radius 1 is 0.848 bits per heavy atom. The highest BCUT2D eigenvalue weighted by atomic mass is 35.5. The van der Waals surface area contributed by atoms with Crippen LogP contribution in [-0.4, -0.2) is 21.2 Å². The van der Waals surface area contributed by atoms with E-state index in [0.717, 1.165) is 13.0 Å². The van der Waals surface area contributed by atoms with Crippen molar-refractivity contribution < 1.29 is 21.7 Å². The van der Waals surface area contributed by atoms with Gasteiger partial charge in [-0.1, -0.05) is 73.5 Å². The summed E-state index contributed by atoms with van der Waals surface area (Å²) in [6.07, 6.45) is 7.79. The summed E-state index contributed by atoms with van der Waals surface area (Å²) in [5.41, 5.74) is 8.66. The van der Waals surface area contributed by atoms with E-state index in [-0.39, 0.29) is 29.2 Å². The smallest absolute Gasteiger partial charge is 0.0976 e. The highest BCUT2D eigenvalue weighted by Crippen LogP contribution is 2.38. The average Bonchev–Trinajstić information content (AvgIpc) is 2.73. The van der Waals surface area contributed by atoms with E-state index in [9.17, 15) is 4.21 Å². The molecule has 4 rings (SSSR count). The molecule has 33 heavy (non-hydrogen) atoms. The van der Waals surface area contributed by atoms with Crippen LogP contribution in [0.2, 0.25) is 0 Å². The van der Waals surface area contributed by atoms with E-state index in [1.807, 2.05) is 32.9 Å². The van der Waals surface area contributed by atoms with Gasteiger partial charge in [-0.25, -0.2) is 8.93 Å². The number of aliphatic hydroxyl groups is 1. The minimum atomic E-state index is -1.01. The zero-order valence-electron chi connectivity index (χ0n) is 20.5. The molecule has 0 heterocycles. The lowest BCUT2D eigenvalue weighted by Gasteiger charge is -2.35. The van der Waals surface area contributed by atoms with Crippen LogP contribution in [0.3, 0.4) is 0 Å². The van der Waals surface area contributed by atoms with Gasteiger partial charge in [0.05, 0.1) is 15.7 Å². The van der Waals surface area contributed by atoms with E-state index < -0.39 is 11.0 Å². The van der Waals surface area contributed by atoms with Crippen LogP contribution in [0.5, 0.6) is 0 Å². The first-order chi connectivity index (χ1) is 15.4. The maximum Gasteiger partial charge on any atom is 0.0976 e. The molecule has 186 valence electrons. The first-order valence-electron chi connectivity index (χ1n) is 11.8. The number of aliphatic hydroxyl groups excluding tert-OH is 1. The van der Waals surface area contributed by atoms with Gasteiger partial charge in [0.2, 0.25) is 0 Å². The van der Waals surface area contributed by atoms with Crippen molar-refractivity contribution in [2.75, 3.05) is 7.11 Å². The van der Waals surface area contributed by atoms with Crippen molar-refractivity contribution in [1.29, 1.82) is 0 Å². The van der Waals surface area contributed by atoms with Crippen LogP contribution in [-0.2, 0) is 11.0 Å². The van der Waals surface area contributed by atoms with E-state index in [1.54, 1.807) is 0 Å². The van der Waals surface area contributed by atoms with Crippen molar-refractivity contribution in [2.45, 2.75) is 76.1 Å². The van der Waals surface area contributed by atoms with Gasteiger partial charge in [0.25, 0.3) is 0 Å². The molecule has 1 unspecified atom stereocenters. The Kier molecular flexibility index (Phi) is 13.5. The third-order valence-electron chi connectivity index (χ3n) is 6.41. The predicted molar refractivity (Wildman–Crippen MR) is 136 cm³/mol. The van der Waals surface area contributed by atoms with Crippen LogP contribution in [0.25, 0.3) is 0 Å². The molecule has 0 aliphatic heterocycles. The van der Waals surface area contributed by atoms with Crippen molar-refractivity contribution in [2.24, 2.45) is 17.6 Å². The molecule has 0 saturated heterocycles. The van der Waals surface area contributed by atoms with E-state index in [1.165, 1.54) is 49.7 Å². The SMILES string of the molecule is CC(C)(C)S(=O)N[C@H](c1ccccc1)C1CCC1.CO.N[C@H](c1ccccc1)C1CCC1.[Cl-]. The number of hydrogen-bond acceptors (Lipinski definition) is 3. The summed E-state index contributed by atoms with van der Waals surface area (Å²) in [4.78, 5) is 0. The van der Waals surface area contributed by atoms with Gasteiger partial charge < -0.3 is 23.2 Å². The fraction of sp³-hybridized carbons (Fsp3) is 0.556. The quantitative estimate of drug-likeness (QED) is 0.579. The summed E-state index contributed by atoms with van der Waals surface area (Å²) in [5, 5.41) is 7.00. The molecular weight excluding hydrogens is 452 g/mol. The molecule has 0 amide bonds. The Morgan fingerprint density at radius 3 is 1.64 bits per heavy atom. The van der Waals surface area contributed by atoms with Gasteiger partial charge in [-0.15, -0.1) is 0 Å². The second-order valence-electron chi connectivity index (χ2n) is 9.71. The Morgan fingerprint density at radius 2 is 1.27 bits per heavy atom. The minimum absolute atomic E-state index is 0. The number of nitrogens with one attached hydrogen (secondary N) is 1. The normalized spacial score (nSPS) is 18.5. The maximum absolute atomic E-state index is 12.3. The van der Waals surface area contributed by atoms with Gasteiger partial charge in [0.1, 0.15) is 0 Å². The van der Waals surface area contributed by atoms with Crippen molar-refractivity contribution in [3.8, 4) is 0 Å². The third-order valence-corrected chi connectivity index (χ3v) is 7.99. The van der Waals surface area contributed by atoms with Gasteiger partial charge in [-0.2, -0.15) is 0 Å². The Labute approximate surface area is 209 Å². The minimum Gasteiger partial charge on any atom is -1.00 e. The zero-order chi connectivity index (χ0) is 23.6. The lowest BCUT2D eigenvalue weighted by molar-refractivity contribution is -0.00000880. The molecule has 0 spiro atoms. The molecule has 0 radical (unpaired) electrons. The lowest BCUT2D eigenvalue weighted by atomic mass is 9.77. The molecule has 2 aliphatic carbocycles. The summed E-state index contributed by atoms with van der Waals surface area (Å²) in [6, 6.07) is 21.4. The van der Waals surface area contributed by atoms with Gasteiger partial charge in [0.15, 0.2) is 0 Å². The number of hydrogen-bond donors (Lipinski definition) is 3. The molecule has 2 aliphatic rings. The number of halogens is 1. The third kappa shape index (κ3) is 9.14. The predicted octanol–water partition coefficient (Wildman–Crippen LogP) is 2.68. The van der Waals surface area contributed by atoms with Gasteiger partial charge in [-0.05, 0) is 69.4 Å². The molecule has 6 heteroatoms. The summed E-state index contributed by atoms with van der Waals surface area (Å²) >= 11 is 0. The summed E-state index contributed by atoms with van der Waals surface area (Å²) in [7, 11) is -0.00618. The van der Waals surface area contributed by atoms with Crippen LogP contribution >= 0.6 is 0 Å². The molecule has 0 bridgehead atoms.